The van der Waals surface area contributed by atoms with E-state index >= 15 is 0 Å². The average Bonchev–Trinajstić information content (AvgIpc) is 2.77. The van der Waals surface area contributed by atoms with Crippen molar-refractivity contribution in [2.45, 2.75) is 30.0 Å². The number of benzene rings is 2. The molecule has 3 atom stereocenters. The van der Waals surface area contributed by atoms with Crippen LogP contribution >= 0.6 is 27.7 Å². The van der Waals surface area contributed by atoms with Gasteiger partial charge in [-0.05, 0) is 49.9 Å². The molecule has 0 fully saturated rings. The van der Waals surface area contributed by atoms with Crippen molar-refractivity contribution in [1.29, 1.82) is 0 Å². The first-order chi connectivity index (χ1) is 14.8. The number of hydrogen-bond donors (Lipinski definition) is 1. The third-order valence-electron chi connectivity index (χ3n) is 4.33. The fourth-order valence-corrected chi connectivity index (χ4v) is 3.93. The molecule has 0 radical (unpaired) electrons. The predicted molar refractivity (Wildman–Crippen MR) is 122 cm³/mol. The molecule has 1 amide bonds. The summed E-state index contributed by atoms with van der Waals surface area (Å²) in [5, 5.41) is 10.3. The Kier molecular flexibility index (Phi) is 9.54. The molecule has 2 rings (SSSR count). The molecule has 0 spiro atoms. The van der Waals surface area contributed by atoms with Crippen LogP contribution in [0, 0.1) is 0 Å². The Bertz CT molecular complexity index is 891. The average molecular weight is 510 g/mol. The van der Waals surface area contributed by atoms with Crippen LogP contribution in [0.2, 0.25) is 0 Å². The number of amides is 1. The first-order valence-corrected chi connectivity index (χ1v) is 11.7. The molecule has 166 valence electrons. The maximum absolute atomic E-state index is 12.6. The number of nitrogens with zero attached hydrogens (tertiary/aromatic N) is 1. The number of rotatable bonds is 9. The second kappa shape index (κ2) is 11.9. The number of thioether (sulfide) groups is 1. The molecule has 2 aromatic carbocycles. The van der Waals surface area contributed by atoms with Gasteiger partial charge in [0.2, 0.25) is 0 Å². The Balaban J connectivity index is 2.26. The van der Waals surface area contributed by atoms with Crippen LogP contribution in [0.5, 0.6) is 5.75 Å². The molecule has 9 heteroatoms. The van der Waals surface area contributed by atoms with Crippen molar-refractivity contribution in [3.05, 3.63) is 65.7 Å². The lowest BCUT2D eigenvalue weighted by Gasteiger charge is -2.31. The molecule has 0 aromatic heterocycles. The summed E-state index contributed by atoms with van der Waals surface area (Å²) in [5.41, 5.74) is 1.08. The van der Waals surface area contributed by atoms with E-state index in [4.69, 9.17) is 9.47 Å². The highest BCUT2D eigenvalue weighted by Gasteiger charge is 2.39. The van der Waals surface area contributed by atoms with Crippen molar-refractivity contribution in [3.63, 3.8) is 0 Å². The minimum absolute atomic E-state index is 0.108. The summed E-state index contributed by atoms with van der Waals surface area (Å²) >= 11 is 4.40. The van der Waals surface area contributed by atoms with Gasteiger partial charge < -0.3 is 9.47 Å². The number of ether oxygens (including phenoxy) is 2. The van der Waals surface area contributed by atoms with Crippen LogP contribution in [0.25, 0.3) is 0 Å². The molecule has 0 saturated heterocycles. The van der Waals surface area contributed by atoms with Crippen LogP contribution in [0.15, 0.2) is 54.6 Å². The summed E-state index contributed by atoms with van der Waals surface area (Å²) in [6, 6.07) is 13.9. The summed E-state index contributed by atoms with van der Waals surface area (Å²) in [6.07, 6.45) is 1.76. The topological polar surface area (TPSA) is 93.1 Å². The fraction of sp³-hybridized carbons (Fsp3) is 0.318. The molecule has 0 bridgehead atoms. The Hall–Kier alpha value is -2.36. The first kappa shape index (κ1) is 24.9. The number of hydrogen-bond acceptors (Lipinski definition) is 7. The standard InChI is InChI=1S/C22H24BrNO6S/c1-4-29-22(27)18(24(28)20(25)14(2)23)19(31-3)15-10-12-17(13-11-15)30-21(26)16-8-6-5-7-9-16/h5-14,18-19,28H,4H2,1-3H3/t14-,18-,19+/m0/s1. The molecule has 0 heterocycles. The Morgan fingerprint density at radius 1 is 1.10 bits per heavy atom. The molecule has 1 N–H and O–H groups in total. The van der Waals surface area contributed by atoms with E-state index in [1.165, 1.54) is 11.8 Å². The lowest BCUT2D eigenvalue weighted by atomic mass is 10.0. The van der Waals surface area contributed by atoms with E-state index in [1.54, 1.807) is 74.7 Å². The molecular weight excluding hydrogens is 486 g/mol. The highest BCUT2D eigenvalue weighted by atomic mass is 79.9. The number of esters is 2. The smallest absolute Gasteiger partial charge is 0.343 e. The number of hydroxylamine groups is 2. The van der Waals surface area contributed by atoms with Crippen molar-refractivity contribution in [3.8, 4) is 5.75 Å². The molecular formula is C22H24BrNO6S. The van der Waals surface area contributed by atoms with E-state index in [2.05, 4.69) is 15.9 Å². The van der Waals surface area contributed by atoms with E-state index in [0.29, 0.717) is 21.9 Å². The number of carbonyl (C=O) groups is 3. The number of carbonyl (C=O) groups excluding carboxylic acids is 3. The van der Waals surface area contributed by atoms with Crippen LogP contribution in [-0.2, 0) is 14.3 Å². The van der Waals surface area contributed by atoms with Gasteiger partial charge in [-0.15, -0.1) is 0 Å². The SMILES string of the molecule is CCOC(=O)[C@H]([C@H](SC)c1ccc(OC(=O)c2ccccc2)cc1)N(O)C(=O)[C@H](C)Br. The molecule has 31 heavy (non-hydrogen) atoms. The monoisotopic (exact) mass is 509 g/mol. The van der Waals surface area contributed by atoms with Gasteiger partial charge in [0.25, 0.3) is 5.91 Å². The van der Waals surface area contributed by atoms with Crippen molar-refractivity contribution < 1.29 is 29.1 Å². The van der Waals surface area contributed by atoms with Gasteiger partial charge in [0.05, 0.1) is 22.2 Å². The molecule has 0 aliphatic rings. The Morgan fingerprint density at radius 2 is 1.71 bits per heavy atom. The third kappa shape index (κ3) is 6.56. The second-order valence-corrected chi connectivity index (χ2v) is 8.83. The molecule has 0 aliphatic carbocycles. The van der Waals surface area contributed by atoms with Crippen molar-refractivity contribution in [1.82, 2.24) is 5.06 Å². The van der Waals surface area contributed by atoms with Crippen LogP contribution in [-0.4, -0.2) is 51.8 Å². The Labute approximate surface area is 193 Å². The summed E-state index contributed by atoms with van der Waals surface area (Å²) in [7, 11) is 0. The summed E-state index contributed by atoms with van der Waals surface area (Å²) < 4.78 is 10.5. The summed E-state index contributed by atoms with van der Waals surface area (Å²) in [5.74, 6) is -1.54. The number of alkyl halides is 1. The largest absolute Gasteiger partial charge is 0.464 e. The van der Waals surface area contributed by atoms with E-state index in [1.807, 2.05) is 0 Å². The number of halogens is 1. The molecule has 7 nitrogen and oxygen atoms in total. The first-order valence-electron chi connectivity index (χ1n) is 9.52. The van der Waals surface area contributed by atoms with Crippen molar-refractivity contribution >= 4 is 45.5 Å². The second-order valence-electron chi connectivity index (χ2n) is 6.48. The third-order valence-corrected chi connectivity index (χ3v) is 5.76. The minimum atomic E-state index is -1.25. The van der Waals surface area contributed by atoms with Gasteiger partial charge in [-0.1, -0.05) is 46.3 Å². The highest BCUT2D eigenvalue weighted by molar-refractivity contribution is 9.10. The van der Waals surface area contributed by atoms with Crippen LogP contribution in [0.4, 0.5) is 0 Å². The molecule has 0 unspecified atom stereocenters. The van der Waals surface area contributed by atoms with Crippen LogP contribution in [0.3, 0.4) is 0 Å². The van der Waals surface area contributed by atoms with Crippen molar-refractivity contribution in [2.75, 3.05) is 12.9 Å². The summed E-state index contributed by atoms with van der Waals surface area (Å²) in [6.45, 7) is 3.31. The zero-order valence-electron chi connectivity index (χ0n) is 17.4. The van der Waals surface area contributed by atoms with Crippen LogP contribution in [0.1, 0.15) is 35.0 Å². The molecule has 0 saturated carbocycles. The Morgan fingerprint density at radius 3 is 2.23 bits per heavy atom. The molecule has 0 aliphatic heterocycles. The van der Waals surface area contributed by atoms with Gasteiger partial charge in [0, 0.05) is 0 Å². The lowest BCUT2D eigenvalue weighted by Crippen LogP contribution is -2.48. The zero-order valence-corrected chi connectivity index (χ0v) is 19.8. The van der Waals surface area contributed by atoms with Gasteiger partial charge in [0.1, 0.15) is 5.75 Å². The summed E-state index contributed by atoms with van der Waals surface area (Å²) in [4.78, 5) is 36.4. The maximum Gasteiger partial charge on any atom is 0.343 e. The van der Waals surface area contributed by atoms with Crippen LogP contribution < -0.4 is 4.74 Å². The van der Waals surface area contributed by atoms with E-state index in [-0.39, 0.29) is 6.61 Å². The fourth-order valence-electron chi connectivity index (χ4n) is 2.81. The van der Waals surface area contributed by atoms with Gasteiger partial charge >= 0.3 is 11.9 Å². The van der Waals surface area contributed by atoms with Gasteiger partial charge in [-0.2, -0.15) is 11.8 Å². The minimum Gasteiger partial charge on any atom is -0.464 e. The van der Waals surface area contributed by atoms with E-state index < -0.39 is 34.0 Å². The van der Waals surface area contributed by atoms with Gasteiger partial charge in [-0.25, -0.2) is 14.7 Å². The highest BCUT2D eigenvalue weighted by Crippen LogP contribution is 2.35. The van der Waals surface area contributed by atoms with E-state index in [0.717, 1.165) is 0 Å². The van der Waals surface area contributed by atoms with E-state index in [9.17, 15) is 19.6 Å². The quantitative estimate of drug-likeness (QED) is 0.177. The van der Waals surface area contributed by atoms with Crippen molar-refractivity contribution in [2.24, 2.45) is 0 Å². The van der Waals surface area contributed by atoms with Gasteiger partial charge in [-0.3, -0.25) is 10.0 Å². The molecule has 2 aromatic rings. The van der Waals surface area contributed by atoms with Gasteiger partial charge in [0.15, 0.2) is 6.04 Å². The maximum atomic E-state index is 12.6. The predicted octanol–water partition coefficient (Wildman–Crippen LogP) is 4.24. The zero-order chi connectivity index (χ0) is 23.0. The lowest BCUT2D eigenvalue weighted by molar-refractivity contribution is -0.187. The normalized spacial score (nSPS) is 13.6.